The van der Waals surface area contributed by atoms with Crippen molar-refractivity contribution in [3.63, 3.8) is 0 Å². The lowest BCUT2D eigenvalue weighted by atomic mass is 9.98. The number of hydrogen-bond acceptors (Lipinski definition) is 4. The number of Topliss-reactive ketones (excluding diaryl/α,β-unsaturated/α-hetero) is 1. The number of benzene rings is 2. The van der Waals surface area contributed by atoms with Gasteiger partial charge in [0.2, 0.25) is 0 Å². The topological polar surface area (TPSA) is 54.9 Å². The first-order valence-electron chi connectivity index (χ1n) is 8.89. The molecule has 0 radical (unpaired) electrons. The Hall–Kier alpha value is -3.53. The second-order valence-corrected chi connectivity index (χ2v) is 6.39. The Morgan fingerprint density at radius 2 is 1.78 bits per heavy atom. The molecule has 0 bridgehead atoms. The Bertz CT molecular complexity index is 1050. The standard InChI is InChI=1S/C23H19N3O/c27-23(19-9-4-12-24-16-19)15-22(17-6-2-1-3-7-17)26-20-10-11-21-18(14-20)8-5-13-25-21/h1-14,16,22,26H,15H2. The predicted octanol–water partition coefficient (Wildman–Crippen LogP) is 5.06. The lowest BCUT2D eigenvalue weighted by Gasteiger charge is -2.20. The van der Waals surface area contributed by atoms with Crippen molar-refractivity contribution in [1.82, 2.24) is 9.97 Å². The lowest BCUT2D eigenvalue weighted by Crippen LogP contribution is -2.16. The minimum Gasteiger partial charge on any atom is -0.378 e. The third-order valence-electron chi connectivity index (χ3n) is 4.52. The second-order valence-electron chi connectivity index (χ2n) is 6.39. The number of fused-ring (bicyclic) bond motifs is 1. The van der Waals surface area contributed by atoms with Crippen molar-refractivity contribution in [2.45, 2.75) is 12.5 Å². The van der Waals surface area contributed by atoms with E-state index in [1.807, 2.05) is 54.6 Å². The van der Waals surface area contributed by atoms with Crippen LogP contribution in [-0.4, -0.2) is 15.8 Å². The number of carbonyl (C=O) groups excluding carboxylic acids is 1. The summed E-state index contributed by atoms with van der Waals surface area (Å²) >= 11 is 0. The van der Waals surface area contributed by atoms with Gasteiger partial charge in [-0.15, -0.1) is 0 Å². The van der Waals surface area contributed by atoms with Crippen LogP contribution in [0.3, 0.4) is 0 Å². The molecule has 4 heteroatoms. The normalized spacial score (nSPS) is 11.9. The van der Waals surface area contributed by atoms with Crippen LogP contribution in [0.15, 0.2) is 91.4 Å². The predicted molar refractivity (Wildman–Crippen MR) is 108 cm³/mol. The van der Waals surface area contributed by atoms with Crippen LogP contribution in [-0.2, 0) is 0 Å². The first-order chi connectivity index (χ1) is 13.3. The molecule has 132 valence electrons. The van der Waals surface area contributed by atoms with Crippen LogP contribution < -0.4 is 5.32 Å². The average molecular weight is 353 g/mol. The highest BCUT2D eigenvalue weighted by molar-refractivity contribution is 5.96. The Labute approximate surface area is 157 Å². The van der Waals surface area contributed by atoms with Crippen LogP contribution >= 0.6 is 0 Å². The zero-order valence-electron chi connectivity index (χ0n) is 14.7. The van der Waals surface area contributed by atoms with Crippen molar-refractivity contribution >= 4 is 22.4 Å². The van der Waals surface area contributed by atoms with E-state index in [-0.39, 0.29) is 11.8 Å². The molecule has 1 unspecified atom stereocenters. The van der Waals surface area contributed by atoms with Crippen molar-refractivity contribution < 1.29 is 4.79 Å². The molecule has 2 heterocycles. The van der Waals surface area contributed by atoms with Crippen LogP contribution in [0.25, 0.3) is 10.9 Å². The summed E-state index contributed by atoms with van der Waals surface area (Å²) in [5, 5.41) is 4.58. The number of nitrogens with one attached hydrogen (secondary N) is 1. The highest BCUT2D eigenvalue weighted by Gasteiger charge is 2.17. The molecular weight excluding hydrogens is 334 g/mol. The first-order valence-corrected chi connectivity index (χ1v) is 8.89. The van der Waals surface area contributed by atoms with Crippen LogP contribution in [0.5, 0.6) is 0 Å². The monoisotopic (exact) mass is 353 g/mol. The van der Waals surface area contributed by atoms with Crippen LogP contribution in [0.4, 0.5) is 5.69 Å². The van der Waals surface area contributed by atoms with E-state index >= 15 is 0 Å². The largest absolute Gasteiger partial charge is 0.378 e. The highest BCUT2D eigenvalue weighted by Crippen LogP contribution is 2.26. The molecule has 4 aromatic rings. The minimum absolute atomic E-state index is 0.0620. The maximum Gasteiger partial charge on any atom is 0.166 e. The molecule has 4 rings (SSSR count). The second kappa shape index (κ2) is 7.79. The van der Waals surface area contributed by atoms with Crippen molar-refractivity contribution in [1.29, 1.82) is 0 Å². The highest BCUT2D eigenvalue weighted by atomic mass is 16.1. The van der Waals surface area contributed by atoms with Gasteiger partial charge in [-0.1, -0.05) is 36.4 Å². The van der Waals surface area contributed by atoms with E-state index in [4.69, 9.17) is 0 Å². The van der Waals surface area contributed by atoms with Crippen LogP contribution in [0, 0.1) is 0 Å². The molecule has 0 saturated heterocycles. The van der Waals surface area contributed by atoms with Gasteiger partial charge < -0.3 is 5.32 Å². The molecule has 1 atom stereocenters. The summed E-state index contributed by atoms with van der Waals surface area (Å²) in [6.45, 7) is 0. The third-order valence-corrected chi connectivity index (χ3v) is 4.52. The number of hydrogen-bond donors (Lipinski definition) is 1. The number of aromatic nitrogens is 2. The van der Waals surface area contributed by atoms with Crippen LogP contribution in [0.2, 0.25) is 0 Å². The summed E-state index contributed by atoms with van der Waals surface area (Å²) in [5.74, 6) is 0.0620. The van der Waals surface area contributed by atoms with Crippen molar-refractivity contribution in [2.75, 3.05) is 5.32 Å². The molecule has 27 heavy (non-hydrogen) atoms. The van der Waals surface area contributed by atoms with Crippen molar-refractivity contribution in [2.24, 2.45) is 0 Å². The zero-order chi connectivity index (χ0) is 18.5. The van der Waals surface area contributed by atoms with E-state index in [2.05, 4.69) is 21.4 Å². The van der Waals surface area contributed by atoms with E-state index in [1.54, 1.807) is 30.7 Å². The Morgan fingerprint density at radius 1 is 0.926 bits per heavy atom. The fourth-order valence-corrected chi connectivity index (χ4v) is 3.14. The summed E-state index contributed by atoms with van der Waals surface area (Å²) in [5.41, 5.74) is 3.61. The molecule has 1 N–H and O–H groups in total. The van der Waals surface area contributed by atoms with Gasteiger partial charge in [0.1, 0.15) is 0 Å². The van der Waals surface area contributed by atoms with Gasteiger partial charge in [-0.05, 0) is 42.0 Å². The van der Waals surface area contributed by atoms with Gasteiger partial charge in [0.05, 0.1) is 11.6 Å². The molecule has 0 aliphatic heterocycles. The van der Waals surface area contributed by atoms with Gasteiger partial charge in [0.25, 0.3) is 0 Å². The number of pyridine rings is 2. The Kier molecular flexibility index (Phi) is 4.88. The quantitative estimate of drug-likeness (QED) is 0.493. The number of nitrogens with zero attached hydrogens (tertiary/aromatic N) is 2. The molecule has 0 amide bonds. The molecule has 0 spiro atoms. The summed E-state index contributed by atoms with van der Waals surface area (Å²) in [6.07, 6.45) is 5.43. The molecule has 2 aromatic carbocycles. The van der Waals surface area contributed by atoms with E-state index < -0.39 is 0 Å². The van der Waals surface area contributed by atoms with Gasteiger partial charge in [0.15, 0.2) is 5.78 Å². The average Bonchev–Trinajstić information content (AvgIpc) is 2.74. The molecule has 2 aromatic heterocycles. The summed E-state index contributed by atoms with van der Waals surface area (Å²) in [6, 6.07) is 23.5. The van der Waals surface area contributed by atoms with Crippen molar-refractivity contribution in [3.8, 4) is 0 Å². The number of rotatable bonds is 6. The Morgan fingerprint density at radius 3 is 2.59 bits per heavy atom. The molecule has 0 saturated carbocycles. The third kappa shape index (κ3) is 4.01. The molecule has 0 aliphatic carbocycles. The summed E-state index contributed by atoms with van der Waals surface area (Å²) in [4.78, 5) is 21.2. The SMILES string of the molecule is O=C(CC(Nc1ccc2ncccc2c1)c1ccccc1)c1cccnc1. The summed E-state index contributed by atoms with van der Waals surface area (Å²) in [7, 11) is 0. The fourth-order valence-electron chi connectivity index (χ4n) is 3.14. The number of ketones is 1. The number of carbonyl (C=O) groups is 1. The zero-order valence-corrected chi connectivity index (χ0v) is 14.7. The molecular formula is C23H19N3O. The van der Waals surface area contributed by atoms with E-state index in [0.29, 0.717) is 12.0 Å². The van der Waals surface area contributed by atoms with E-state index in [0.717, 1.165) is 22.2 Å². The summed E-state index contributed by atoms with van der Waals surface area (Å²) < 4.78 is 0. The van der Waals surface area contributed by atoms with Crippen LogP contribution in [0.1, 0.15) is 28.4 Å². The number of anilines is 1. The maximum atomic E-state index is 12.7. The van der Waals surface area contributed by atoms with E-state index in [1.165, 1.54) is 0 Å². The van der Waals surface area contributed by atoms with Gasteiger partial charge in [-0.25, -0.2) is 0 Å². The Balaban J connectivity index is 1.62. The maximum absolute atomic E-state index is 12.7. The fraction of sp³-hybridized carbons (Fsp3) is 0.0870. The smallest absolute Gasteiger partial charge is 0.166 e. The molecule has 0 fully saturated rings. The lowest BCUT2D eigenvalue weighted by molar-refractivity contribution is 0.0976. The van der Waals surface area contributed by atoms with E-state index in [9.17, 15) is 4.79 Å². The molecule has 4 nitrogen and oxygen atoms in total. The van der Waals surface area contributed by atoms with Crippen molar-refractivity contribution in [3.05, 3.63) is 103 Å². The molecule has 0 aliphatic rings. The first kappa shape index (κ1) is 16.9. The minimum atomic E-state index is -0.131. The van der Waals surface area contributed by atoms with Gasteiger partial charge >= 0.3 is 0 Å². The van der Waals surface area contributed by atoms with Gasteiger partial charge in [-0.3, -0.25) is 14.8 Å². The van der Waals surface area contributed by atoms with Gasteiger partial charge in [-0.2, -0.15) is 0 Å². The van der Waals surface area contributed by atoms with Gasteiger partial charge in [0, 0.05) is 41.6 Å².